The van der Waals surface area contributed by atoms with Gasteiger partial charge in [0.25, 0.3) is 5.91 Å². The molecule has 24 heavy (non-hydrogen) atoms. The Morgan fingerprint density at radius 3 is 2.67 bits per heavy atom. The van der Waals surface area contributed by atoms with Gasteiger partial charge in [-0.1, -0.05) is 5.21 Å². The van der Waals surface area contributed by atoms with Crippen LogP contribution in [0.5, 0.6) is 0 Å². The smallest absolute Gasteiger partial charge is 0.332 e. The first-order valence-electron chi connectivity index (χ1n) is 7.59. The van der Waals surface area contributed by atoms with E-state index in [0.29, 0.717) is 24.9 Å². The van der Waals surface area contributed by atoms with Crippen molar-refractivity contribution < 1.29 is 19.4 Å². The van der Waals surface area contributed by atoms with Crippen LogP contribution in [0.15, 0.2) is 36.7 Å². The summed E-state index contributed by atoms with van der Waals surface area (Å²) in [7, 11) is 1.44. The average molecular weight is 330 g/mol. The van der Waals surface area contributed by atoms with Crippen LogP contribution in [0.4, 0.5) is 0 Å². The topological polar surface area (TPSA) is 97.6 Å². The predicted octanol–water partition coefficient (Wildman–Crippen LogP) is 0.973. The van der Waals surface area contributed by atoms with E-state index < -0.39 is 11.5 Å². The number of carbonyl (C=O) groups is 2. The van der Waals surface area contributed by atoms with Gasteiger partial charge in [0, 0.05) is 19.2 Å². The Bertz CT molecular complexity index is 729. The quantitative estimate of drug-likeness (QED) is 0.877. The molecule has 1 unspecified atom stereocenters. The summed E-state index contributed by atoms with van der Waals surface area (Å²) < 4.78 is 6.66. The summed E-state index contributed by atoms with van der Waals surface area (Å²) in [5.74, 6) is -1.34. The molecule has 1 aliphatic rings. The van der Waals surface area contributed by atoms with Gasteiger partial charge in [-0.25, -0.2) is 9.48 Å². The molecular weight excluding hydrogens is 312 g/mol. The van der Waals surface area contributed by atoms with Crippen LogP contribution in [0.2, 0.25) is 0 Å². The van der Waals surface area contributed by atoms with Crippen LogP contribution in [0.3, 0.4) is 0 Å². The number of aromatic nitrogens is 3. The van der Waals surface area contributed by atoms with Crippen molar-refractivity contribution in [3.05, 3.63) is 42.2 Å². The number of nitrogens with zero attached hydrogens (tertiary/aromatic N) is 4. The SMILES string of the molecule is COCC1(C(=O)O)CCCN1C(=O)c1ccc(-n2ccnn2)cc1. The van der Waals surface area contributed by atoms with Crippen LogP contribution >= 0.6 is 0 Å². The Morgan fingerprint density at radius 1 is 1.33 bits per heavy atom. The predicted molar refractivity (Wildman–Crippen MR) is 83.9 cm³/mol. The molecule has 1 aromatic carbocycles. The van der Waals surface area contributed by atoms with Crippen molar-refractivity contribution >= 4 is 11.9 Å². The number of likely N-dealkylation sites (tertiary alicyclic amines) is 1. The highest BCUT2D eigenvalue weighted by molar-refractivity contribution is 5.98. The number of benzene rings is 1. The Balaban J connectivity index is 1.86. The number of aliphatic carboxylic acids is 1. The van der Waals surface area contributed by atoms with E-state index in [9.17, 15) is 14.7 Å². The molecule has 1 aromatic heterocycles. The Hall–Kier alpha value is -2.74. The molecule has 8 heteroatoms. The second-order valence-electron chi connectivity index (χ2n) is 5.72. The molecule has 0 radical (unpaired) electrons. The zero-order valence-corrected chi connectivity index (χ0v) is 13.3. The highest BCUT2D eigenvalue weighted by atomic mass is 16.5. The maximum absolute atomic E-state index is 12.8. The normalized spacial score (nSPS) is 20.3. The third kappa shape index (κ3) is 2.65. The van der Waals surface area contributed by atoms with E-state index in [4.69, 9.17) is 4.74 Å². The molecule has 1 N–H and O–H groups in total. The number of rotatable bonds is 5. The van der Waals surface area contributed by atoms with Gasteiger partial charge < -0.3 is 14.7 Å². The molecule has 1 amide bonds. The fraction of sp³-hybridized carbons (Fsp3) is 0.375. The van der Waals surface area contributed by atoms with Gasteiger partial charge in [0.2, 0.25) is 0 Å². The number of methoxy groups -OCH3 is 1. The highest BCUT2D eigenvalue weighted by Crippen LogP contribution is 2.31. The van der Waals surface area contributed by atoms with Crippen molar-refractivity contribution in [3.8, 4) is 5.69 Å². The van der Waals surface area contributed by atoms with Gasteiger partial charge in [0.05, 0.1) is 24.7 Å². The summed E-state index contributed by atoms with van der Waals surface area (Å²) in [6.07, 6.45) is 4.29. The third-order valence-corrected chi connectivity index (χ3v) is 4.32. The Labute approximate surface area is 138 Å². The van der Waals surface area contributed by atoms with Crippen LogP contribution in [0.25, 0.3) is 5.69 Å². The Kier molecular flexibility index (Phi) is 4.30. The van der Waals surface area contributed by atoms with Gasteiger partial charge in [-0.3, -0.25) is 4.79 Å². The molecule has 1 saturated heterocycles. The van der Waals surface area contributed by atoms with Crippen LogP contribution in [-0.2, 0) is 9.53 Å². The largest absolute Gasteiger partial charge is 0.479 e. The summed E-state index contributed by atoms with van der Waals surface area (Å²) >= 11 is 0. The zero-order chi connectivity index (χ0) is 17.2. The Morgan fingerprint density at radius 2 is 2.08 bits per heavy atom. The molecule has 8 nitrogen and oxygen atoms in total. The first-order valence-corrected chi connectivity index (χ1v) is 7.59. The van der Waals surface area contributed by atoms with Crippen molar-refractivity contribution in [2.75, 3.05) is 20.3 Å². The molecule has 2 aromatic rings. The van der Waals surface area contributed by atoms with Gasteiger partial charge in [-0.2, -0.15) is 0 Å². The number of amides is 1. The summed E-state index contributed by atoms with van der Waals surface area (Å²) in [6.45, 7) is 0.379. The fourth-order valence-electron chi connectivity index (χ4n) is 3.11. The number of carbonyl (C=O) groups excluding carboxylic acids is 1. The molecule has 1 fully saturated rings. The lowest BCUT2D eigenvalue weighted by Crippen LogP contribution is -2.56. The van der Waals surface area contributed by atoms with Gasteiger partial charge >= 0.3 is 5.97 Å². The number of carboxylic acid groups (broad SMARTS) is 1. The lowest BCUT2D eigenvalue weighted by molar-refractivity contribution is -0.151. The van der Waals surface area contributed by atoms with E-state index >= 15 is 0 Å². The second-order valence-corrected chi connectivity index (χ2v) is 5.72. The van der Waals surface area contributed by atoms with E-state index in [1.807, 2.05) is 0 Å². The lowest BCUT2D eigenvalue weighted by atomic mass is 9.96. The third-order valence-electron chi connectivity index (χ3n) is 4.32. The summed E-state index contributed by atoms with van der Waals surface area (Å²) in [4.78, 5) is 26.0. The van der Waals surface area contributed by atoms with Crippen LogP contribution in [0, 0.1) is 0 Å². The molecule has 0 bridgehead atoms. The molecule has 1 atom stereocenters. The number of carboxylic acids is 1. The van der Waals surface area contributed by atoms with Crippen molar-refractivity contribution in [2.45, 2.75) is 18.4 Å². The summed E-state index contributed by atoms with van der Waals surface area (Å²) in [6, 6.07) is 6.82. The van der Waals surface area contributed by atoms with Gasteiger partial charge in [0.1, 0.15) is 0 Å². The van der Waals surface area contributed by atoms with E-state index in [2.05, 4.69) is 10.3 Å². The van der Waals surface area contributed by atoms with Crippen molar-refractivity contribution in [2.24, 2.45) is 0 Å². The maximum Gasteiger partial charge on any atom is 0.332 e. The molecular formula is C16H18N4O4. The molecule has 0 aliphatic carbocycles. The van der Waals surface area contributed by atoms with Gasteiger partial charge in [-0.05, 0) is 37.1 Å². The minimum absolute atomic E-state index is 0.0227. The van der Waals surface area contributed by atoms with Crippen molar-refractivity contribution in [3.63, 3.8) is 0 Å². The van der Waals surface area contributed by atoms with Gasteiger partial charge in [0.15, 0.2) is 5.54 Å². The first-order chi connectivity index (χ1) is 11.6. The van der Waals surface area contributed by atoms with E-state index in [1.54, 1.807) is 41.3 Å². The number of hydrogen-bond donors (Lipinski definition) is 1. The summed E-state index contributed by atoms with van der Waals surface area (Å²) in [5, 5.41) is 17.3. The molecule has 0 saturated carbocycles. The van der Waals surface area contributed by atoms with Crippen molar-refractivity contribution in [1.29, 1.82) is 0 Å². The highest BCUT2D eigenvalue weighted by Gasteiger charge is 2.50. The minimum atomic E-state index is -1.30. The number of ether oxygens (including phenoxy) is 1. The minimum Gasteiger partial charge on any atom is -0.479 e. The molecule has 126 valence electrons. The van der Waals surface area contributed by atoms with Crippen LogP contribution in [0.1, 0.15) is 23.2 Å². The molecule has 0 spiro atoms. The van der Waals surface area contributed by atoms with E-state index in [-0.39, 0.29) is 12.5 Å². The van der Waals surface area contributed by atoms with Gasteiger partial charge in [-0.15, -0.1) is 5.10 Å². The summed E-state index contributed by atoms with van der Waals surface area (Å²) in [5.41, 5.74) is -0.0921. The zero-order valence-electron chi connectivity index (χ0n) is 13.3. The van der Waals surface area contributed by atoms with Crippen molar-refractivity contribution in [1.82, 2.24) is 19.9 Å². The molecule has 2 heterocycles. The van der Waals surface area contributed by atoms with Crippen LogP contribution < -0.4 is 0 Å². The molecule has 3 rings (SSSR count). The fourth-order valence-corrected chi connectivity index (χ4v) is 3.11. The maximum atomic E-state index is 12.8. The van der Waals surface area contributed by atoms with Crippen LogP contribution in [-0.4, -0.2) is 62.7 Å². The average Bonchev–Trinajstić information content (AvgIpc) is 3.25. The second kappa shape index (κ2) is 6.40. The van der Waals surface area contributed by atoms with E-state index in [1.165, 1.54) is 12.0 Å². The lowest BCUT2D eigenvalue weighted by Gasteiger charge is -2.34. The number of hydrogen-bond acceptors (Lipinski definition) is 5. The standard InChI is InChI=1S/C16H18N4O4/c1-24-11-16(15(22)23)7-2-9-19(16)14(21)12-3-5-13(6-4-12)20-10-8-17-18-20/h3-6,8,10H,2,7,9,11H2,1H3,(H,22,23). The van der Waals surface area contributed by atoms with E-state index in [0.717, 1.165) is 5.69 Å². The monoisotopic (exact) mass is 330 g/mol. The molecule has 1 aliphatic heterocycles. The first kappa shape index (κ1) is 16.1.